The molecule has 1 heterocycles. The Morgan fingerprint density at radius 2 is 1.89 bits per heavy atom. The van der Waals surface area contributed by atoms with Crippen LogP contribution in [0.15, 0.2) is 24.3 Å². The summed E-state index contributed by atoms with van der Waals surface area (Å²) in [5.41, 5.74) is 2.41. The van der Waals surface area contributed by atoms with Gasteiger partial charge in [0.05, 0.1) is 6.54 Å². The number of carbonyl (C=O) groups is 1. The number of benzene rings is 1. The van der Waals surface area contributed by atoms with E-state index in [-0.39, 0.29) is 5.91 Å². The molecule has 1 fully saturated rings. The zero-order chi connectivity index (χ0) is 13.7. The topological polar surface area (TPSA) is 32.3 Å². The van der Waals surface area contributed by atoms with Crippen molar-refractivity contribution in [1.29, 1.82) is 0 Å². The quantitative estimate of drug-likeness (QED) is 0.901. The summed E-state index contributed by atoms with van der Waals surface area (Å²) >= 11 is 0. The van der Waals surface area contributed by atoms with Gasteiger partial charge in [-0.05, 0) is 44.3 Å². The molecule has 0 aromatic heterocycles. The predicted molar refractivity (Wildman–Crippen MR) is 77.9 cm³/mol. The molecule has 1 saturated heterocycles. The summed E-state index contributed by atoms with van der Waals surface area (Å²) in [6.45, 7) is 7.63. The minimum Gasteiger partial charge on any atom is -0.351 e. The van der Waals surface area contributed by atoms with Crippen molar-refractivity contribution in [2.75, 3.05) is 19.6 Å². The van der Waals surface area contributed by atoms with Crippen LogP contribution in [-0.2, 0) is 11.3 Å². The Hall–Kier alpha value is -1.35. The first-order valence-electron chi connectivity index (χ1n) is 7.18. The summed E-state index contributed by atoms with van der Waals surface area (Å²) < 4.78 is 0. The van der Waals surface area contributed by atoms with E-state index in [9.17, 15) is 4.79 Å². The summed E-state index contributed by atoms with van der Waals surface area (Å²) in [7, 11) is 0. The maximum atomic E-state index is 11.9. The Morgan fingerprint density at radius 3 is 2.53 bits per heavy atom. The number of nitrogens with one attached hydrogen (secondary N) is 1. The van der Waals surface area contributed by atoms with Crippen LogP contribution in [0.3, 0.4) is 0 Å². The maximum Gasteiger partial charge on any atom is 0.234 e. The zero-order valence-corrected chi connectivity index (χ0v) is 12.0. The number of piperidine rings is 1. The van der Waals surface area contributed by atoms with Crippen LogP contribution in [0.2, 0.25) is 0 Å². The highest BCUT2D eigenvalue weighted by atomic mass is 16.2. The Bertz CT molecular complexity index is 405. The standard InChI is InChI=1S/C16H24N2O/c1-13-3-5-15(6-4-13)11-17-16(19)12-18-9-7-14(2)8-10-18/h3-6,14H,7-12H2,1-2H3,(H,17,19). The van der Waals surface area contributed by atoms with Gasteiger partial charge in [-0.3, -0.25) is 9.69 Å². The average molecular weight is 260 g/mol. The van der Waals surface area contributed by atoms with Gasteiger partial charge in [-0.25, -0.2) is 0 Å². The van der Waals surface area contributed by atoms with E-state index in [1.54, 1.807) is 0 Å². The molecule has 0 saturated carbocycles. The molecule has 3 heteroatoms. The maximum absolute atomic E-state index is 11.9. The summed E-state index contributed by atoms with van der Waals surface area (Å²) in [5, 5.41) is 3.00. The second-order valence-corrected chi connectivity index (χ2v) is 5.72. The SMILES string of the molecule is Cc1ccc(CNC(=O)CN2CCC(C)CC2)cc1. The number of nitrogens with zero attached hydrogens (tertiary/aromatic N) is 1. The lowest BCUT2D eigenvalue weighted by Crippen LogP contribution is -2.41. The fourth-order valence-corrected chi connectivity index (χ4v) is 2.39. The first-order valence-corrected chi connectivity index (χ1v) is 7.18. The lowest BCUT2D eigenvalue weighted by atomic mass is 9.99. The Balaban J connectivity index is 1.71. The molecular formula is C16H24N2O. The van der Waals surface area contributed by atoms with Gasteiger partial charge in [-0.15, -0.1) is 0 Å². The van der Waals surface area contributed by atoms with Crippen LogP contribution in [0.1, 0.15) is 30.9 Å². The normalized spacial score (nSPS) is 17.4. The van der Waals surface area contributed by atoms with E-state index in [4.69, 9.17) is 0 Å². The molecule has 0 bridgehead atoms. The molecule has 0 spiro atoms. The van der Waals surface area contributed by atoms with Gasteiger partial charge in [0.1, 0.15) is 0 Å². The van der Waals surface area contributed by atoms with Gasteiger partial charge < -0.3 is 5.32 Å². The number of amides is 1. The van der Waals surface area contributed by atoms with Gasteiger partial charge in [0.2, 0.25) is 5.91 Å². The van der Waals surface area contributed by atoms with Crippen LogP contribution in [-0.4, -0.2) is 30.4 Å². The van der Waals surface area contributed by atoms with Crippen molar-refractivity contribution in [3.05, 3.63) is 35.4 Å². The van der Waals surface area contributed by atoms with Crippen molar-refractivity contribution < 1.29 is 4.79 Å². The molecule has 1 amide bonds. The lowest BCUT2D eigenvalue weighted by molar-refractivity contribution is -0.122. The largest absolute Gasteiger partial charge is 0.351 e. The Morgan fingerprint density at radius 1 is 1.26 bits per heavy atom. The number of rotatable bonds is 4. The molecule has 0 atom stereocenters. The number of hydrogen-bond donors (Lipinski definition) is 1. The van der Waals surface area contributed by atoms with Crippen LogP contribution in [0, 0.1) is 12.8 Å². The molecule has 0 unspecified atom stereocenters. The molecule has 104 valence electrons. The molecule has 1 aliphatic heterocycles. The Kier molecular flexibility index (Phi) is 4.97. The van der Waals surface area contributed by atoms with Gasteiger partial charge in [0, 0.05) is 6.54 Å². The first kappa shape index (κ1) is 14.1. The molecule has 19 heavy (non-hydrogen) atoms. The number of likely N-dealkylation sites (tertiary alicyclic amines) is 1. The second kappa shape index (κ2) is 6.71. The third-order valence-electron chi connectivity index (χ3n) is 3.85. The van der Waals surface area contributed by atoms with Crippen LogP contribution < -0.4 is 5.32 Å². The smallest absolute Gasteiger partial charge is 0.234 e. The molecule has 1 aromatic rings. The molecule has 0 radical (unpaired) electrons. The van der Waals surface area contributed by atoms with E-state index in [1.807, 2.05) is 0 Å². The monoisotopic (exact) mass is 260 g/mol. The summed E-state index contributed by atoms with van der Waals surface area (Å²) in [6, 6.07) is 8.29. The third kappa shape index (κ3) is 4.67. The van der Waals surface area contributed by atoms with Crippen molar-refractivity contribution in [2.45, 2.75) is 33.2 Å². The van der Waals surface area contributed by atoms with Gasteiger partial charge in [0.25, 0.3) is 0 Å². The summed E-state index contributed by atoms with van der Waals surface area (Å²) in [5.74, 6) is 0.946. The van der Waals surface area contributed by atoms with Crippen LogP contribution in [0.4, 0.5) is 0 Å². The summed E-state index contributed by atoms with van der Waals surface area (Å²) in [4.78, 5) is 14.1. The van der Waals surface area contributed by atoms with Gasteiger partial charge in [0.15, 0.2) is 0 Å². The molecule has 3 nitrogen and oxygen atoms in total. The van der Waals surface area contributed by atoms with Gasteiger partial charge >= 0.3 is 0 Å². The van der Waals surface area contributed by atoms with Crippen LogP contribution in [0.25, 0.3) is 0 Å². The van der Waals surface area contributed by atoms with E-state index in [1.165, 1.54) is 18.4 Å². The lowest BCUT2D eigenvalue weighted by Gasteiger charge is -2.29. The molecule has 2 rings (SSSR count). The summed E-state index contributed by atoms with van der Waals surface area (Å²) in [6.07, 6.45) is 2.43. The third-order valence-corrected chi connectivity index (χ3v) is 3.85. The van der Waals surface area contributed by atoms with E-state index in [0.717, 1.165) is 24.6 Å². The van der Waals surface area contributed by atoms with Crippen LogP contribution in [0.5, 0.6) is 0 Å². The van der Waals surface area contributed by atoms with E-state index in [0.29, 0.717) is 13.1 Å². The number of aryl methyl sites for hydroxylation is 1. The molecule has 0 aliphatic carbocycles. The van der Waals surface area contributed by atoms with E-state index in [2.05, 4.69) is 48.3 Å². The zero-order valence-electron chi connectivity index (χ0n) is 12.0. The first-order chi connectivity index (χ1) is 9.13. The minimum atomic E-state index is 0.134. The highest BCUT2D eigenvalue weighted by Crippen LogP contribution is 2.15. The number of hydrogen-bond acceptors (Lipinski definition) is 2. The predicted octanol–water partition coefficient (Wildman–Crippen LogP) is 2.34. The van der Waals surface area contributed by atoms with E-state index >= 15 is 0 Å². The number of carbonyl (C=O) groups excluding carboxylic acids is 1. The van der Waals surface area contributed by atoms with Crippen molar-refractivity contribution in [3.63, 3.8) is 0 Å². The highest BCUT2D eigenvalue weighted by molar-refractivity contribution is 5.78. The Labute approximate surface area is 116 Å². The minimum absolute atomic E-state index is 0.134. The molecule has 1 N–H and O–H groups in total. The van der Waals surface area contributed by atoms with Crippen molar-refractivity contribution >= 4 is 5.91 Å². The fraction of sp³-hybridized carbons (Fsp3) is 0.562. The molecule has 1 aromatic carbocycles. The second-order valence-electron chi connectivity index (χ2n) is 5.72. The van der Waals surface area contributed by atoms with Crippen molar-refractivity contribution in [2.24, 2.45) is 5.92 Å². The van der Waals surface area contributed by atoms with Crippen molar-refractivity contribution in [1.82, 2.24) is 10.2 Å². The van der Waals surface area contributed by atoms with E-state index < -0.39 is 0 Å². The van der Waals surface area contributed by atoms with Gasteiger partial charge in [-0.1, -0.05) is 36.8 Å². The van der Waals surface area contributed by atoms with Crippen LogP contribution >= 0.6 is 0 Å². The average Bonchev–Trinajstić information content (AvgIpc) is 2.41. The fourth-order valence-electron chi connectivity index (χ4n) is 2.39. The van der Waals surface area contributed by atoms with Gasteiger partial charge in [-0.2, -0.15) is 0 Å². The highest BCUT2D eigenvalue weighted by Gasteiger charge is 2.17. The van der Waals surface area contributed by atoms with Crippen molar-refractivity contribution in [3.8, 4) is 0 Å². The molecular weight excluding hydrogens is 236 g/mol. The molecule has 1 aliphatic rings.